The lowest BCUT2D eigenvalue weighted by Crippen LogP contribution is -2.25. The summed E-state index contributed by atoms with van der Waals surface area (Å²) in [6.07, 6.45) is 4.51. The normalized spacial score (nSPS) is 16.6. The van der Waals surface area contributed by atoms with E-state index in [4.69, 9.17) is 16.3 Å². The maximum Gasteiger partial charge on any atom is 0.135 e. The largest absolute Gasteiger partial charge is 0.383 e. The molecule has 0 bridgehead atoms. The Bertz CT molecular complexity index is 390. The van der Waals surface area contributed by atoms with Gasteiger partial charge in [0.1, 0.15) is 16.8 Å². The van der Waals surface area contributed by atoms with Crippen molar-refractivity contribution < 1.29 is 4.74 Å². The van der Waals surface area contributed by atoms with Gasteiger partial charge in [0.15, 0.2) is 0 Å². The highest BCUT2D eigenvalue weighted by Crippen LogP contribution is 2.38. The van der Waals surface area contributed by atoms with Crippen LogP contribution in [0.3, 0.4) is 0 Å². The summed E-state index contributed by atoms with van der Waals surface area (Å²) in [5, 5.41) is 3.90. The topological polar surface area (TPSA) is 47.0 Å². The Morgan fingerprint density at radius 2 is 2.28 bits per heavy atom. The zero-order chi connectivity index (χ0) is 13.0. The first-order valence-electron chi connectivity index (χ1n) is 6.53. The fourth-order valence-corrected chi connectivity index (χ4v) is 2.18. The van der Waals surface area contributed by atoms with Crippen molar-refractivity contribution in [3.63, 3.8) is 0 Å². The minimum atomic E-state index is 0.276. The van der Waals surface area contributed by atoms with Gasteiger partial charge >= 0.3 is 0 Å². The molecule has 0 spiro atoms. The molecule has 1 aliphatic rings. The van der Waals surface area contributed by atoms with Crippen molar-refractivity contribution >= 4 is 17.4 Å². The zero-order valence-electron chi connectivity index (χ0n) is 10.9. The van der Waals surface area contributed by atoms with Gasteiger partial charge in [-0.1, -0.05) is 24.9 Å². The Labute approximate surface area is 113 Å². The SMILES string of the molecule is CCCC(COC)Nc1cc(Cl)nc(C2CC2)n1. The zero-order valence-corrected chi connectivity index (χ0v) is 11.7. The molecular formula is C13H20ClN3O. The van der Waals surface area contributed by atoms with E-state index in [1.165, 1.54) is 12.8 Å². The van der Waals surface area contributed by atoms with Gasteiger partial charge in [-0.2, -0.15) is 0 Å². The van der Waals surface area contributed by atoms with Crippen molar-refractivity contribution in [1.29, 1.82) is 0 Å². The lowest BCUT2D eigenvalue weighted by atomic mass is 10.2. The van der Waals surface area contributed by atoms with E-state index >= 15 is 0 Å². The summed E-state index contributed by atoms with van der Waals surface area (Å²) in [5.41, 5.74) is 0. The predicted octanol–water partition coefficient (Wildman–Crippen LogP) is 3.23. The molecule has 1 unspecified atom stereocenters. The molecule has 1 fully saturated rings. The molecule has 5 heteroatoms. The number of hydrogen-bond donors (Lipinski definition) is 1. The van der Waals surface area contributed by atoms with Crippen molar-refractivity contribution in [2.45, 2.75) is 44.6 Å². The third-order valence-electron chi connectivity index (χ3n) is 3.01. The van der Waals surface area contributed by atoms with Crippen LogP contribution in [0.15, 0.2) is 6.07 Å². The second-order valence-electron chi connectivity index (χ2n) is 4.79. The molecule has 1 saturated carbocycles. The maximum atomic E-state index is 6.04. The number of rotatable bonds is 7. The molecule has 1 atom stereocenters. The Morgan fingerprint density at radius 3 is 2.89 bits per heavy atom. The quantitative estimate of drug-likeness (QED) is 0.772. The van der Waals surface area contributed by atoms with Crippen molar-refractivity contribution in [3.8, 4) is 0 Å². The van der Waals surface area contributed by atoms with E-state index in [0.29, 0.717) is 17.7 Å². The average molecular weight is 270 g/mol. The summed E-state index contributed by atoms with van der Waals surface area (Å²) in [4.78, 5) is 8.82. The highest BCUT2D eigenvalue weighted by Gasteiger charge is 2.27. The van der Waals surface area contributed by atoms with E-state index in [2.05, 4.69) is 22.2 Å². The minimum Gasteiger partial charge on any atom is -0.383 e. The van der Waals surface area contributed by atoms with Crippen LogP contribution in [-0.4, -0.2) is 29.7 Å². The number of nitrogens with zero attached hydrogens (tertiary/aromatic N) is 2. The number of methoxy groups -OCH3 is 1. The lowest BCUT2D eigenvalue weighted by molar-refractivity contribution is 0.182. The van der Waals surface area contributed by atoms with Crippen LogP contribution in [0.1, 0.15) is 44.3 Å². The number of hydrogen-bond acceptors (Lipinski definition) is 4. The molecule has 1 N–H and O–H groups in total. The molecule has 0 amide bonds. The summed E-state index contributed by atoms with van der Waals surface area (Å²) < 4.78 is 5.21. The molecule has 0 aromatic carbocycles. The van der Waals surface area contributed by atoms with Gasteiger partial charge in [-0.15, -0.1) is 0 Å². The Hall–Kier alpha value is -0.870. The number of halogens is 1. The number of ether oxygens (including phenoxy) is 1. The van der Waals surface area contributed by atoms with Gasteiger partial charge in [-0.25, -0.2) is 9.97 Å². The van der Waals surface area contributed by atoms with Crippen molar-refractivity contribution in [1.82, 2.24) is 9.97 Å². The van der Waals surface area contributed by atoms with E-state index in [9.17, 15) is 0 Å². The van der Waals surface area contributed by atoms with Gasteiger partial charge in [0, 0.05) is 19.1 Å². The van der Waals surface area contributed by atoms with Crippen LogP contribution in [0, 0.1) is 0 Å². The van der Waals surface area contributed by atoms with E-state index in [-0.39, 0.29) is 6.04 Å². The van der Waals surface area contributed by atoms with Crippen LogP contribution in [0.2, 0.25) is 5.15 Å². The molecule has 4 nitrogen and oxygen atoms in total. The molecule has 1 heterocycles. The lowest BCUT2D eigenvalue weighted by Gasteiger charge is -2.18. The smallest absolute Gasteiger partial charge is 0.135 e. The Kier molecular flexibility index (Phi) is 4.78. The second kappa shape index (κ2) is 6.34. The van der Waals surface area contributed by atoms with Crippen LogP contribution in [-0.2, 0) is 4.74 Å². The molecule has 1 aliphatic carbocycles. The van der Waals surface area contributed by atoms with Crippen LogP contribution >= 0.6 is 11.6 Å². The highest BCUT2D eigenvalue weighted by molar-refractivity contribution is 6.29. The molecule has 0 aliphatic heterocycles. The van der Waals surface area contributed by atoms with E-state index in [0.717, 1.165) is 24.5 Å². The summed E-state index contributed by atoms with van der Waals surface area (Å²) in [7, 11) is 1.72. The number of anilines is 1. The highest BCUT2D eigenvalue weighted by atomic mass is 35.5. The predicted molar refractivity (Wildman–Crippen MR) is 73.2 cm³/mol. The van der Waals surface area contributed by atoms with Gasteiger partial charge < -0.3 is 10.1 Å². The molecule has 0 radical (unpaired) electrons. The van der Waals surface area contributed by atoms with Crippen LogP contribution in [0.25, 0.3) is 0 Å². The standard InChI is InChI=1S/C13H20ClN3O/c1-3-4-10(8-18-2)15-12-7-11(14)16-13(17-12)9-5-6-9/h7,9-10H,3-6,8H2,1-2H3,(H,15,16,17). The van der Waals surface area contributed by atoms with E-state index in [1.807, 2.05) is 0 Å². The first-order chi connectivity index (χ1) is 8.72. The van der Waals surface area contributed by atoms with Crippen LogP contribution < -0.4 is 5.32 Å². The molecule has 100 valence electrons. The summed E-state index contributed by atoms with van der Waals surface area (Å²) in [5.74, 6) is 2.20. The van der Waals surface area contributed by atoms with Gasteiger partial charge in [-0.3, -0.25) is 0 Å². The fourth-order valence-electron chi connectivity index (χ4n) is 1.99. The molecule has 0 saturated heterocycles. The Balaban J connectivity index is 2.06. The van der Waals surface area contributed by atoms with Gasteiger partial charge in [0.2, 0.25) is 0 Å². The van der Waals surface area contributed by atoms with Crippen molar-refractivity contribution in [3.05, 3.63) is 17.0 Å². The maximum absolute atomic E-state index is 6.04. The first kappa shape index (κ1) is 13.6. The molecular weight excluding hydrogens is 250 g/mol. The van der Waals surface area contributed by atoms with Crippen molar-refractivity contribution in [2.24, 2.45) is 0 Å². The summed E-state index contributed by atoms with van der Waals surface area (Å²) in [6, 6.07) is 2.06. The van der Waals surface area contributed by atoms with Gasteiger partial charge in [-0.05, 0) is 19.3 Å². The molecule has 1 aromatic rings. The summed E-state index contributed by atoms with van der Waals surface area (Å²) in [6.45, 7) is 2.83. The molecule has 18 heavy (non-hydrogen) atoms. The number of aromatic nitrogens is 2. The third-order valence-corrected chi connectivity index (χ3v) is 3.21. The van der Waals surface area contributed by atoms with Gasteiger partial charge in [0.05, 0.1) is 12.6 Å². The van der Waals surface area contributed by atoms with E-state index < -0.39 is 0 Å². The van der Waals surface area contributed by atoms with Crippen LogP contribution in [0.4, 0.5) is 5.82 Å². The number of nitrogens with one attached hydrogen (secondary N) is 1. The average Bonchev–Trinajstić information content (AvgIpc) is 3.12. The van der Waals surface area contributed by atoms with Crippen molar-refractivity contribution in [2.75, 3.05) is 19.0 Å². The van der Waals surface area contributed by atoms with Gasteiger partial charge in [0.25, 0.3) is 0 Å². The summed E-state index contributed by atoms with van der Waals surface area (Å²) >= 11 is 6.04. The minimum absolute atomic E-state index is 0.276. The monoisotopic (exact) mass is 269 g/mol. The van der Waals surface area contributed by atoms with E-state index in [1.54, 1.807) is 13.2 Å². The Morgan fingerprint density at radius 1 is 1.50 bits per heavy atom. The molecule has 2 rings (SSSR count). The van der Waals surface area contributed by atoms with Crippen LogP contribution in [0.5, 0.6) is 0 Å². The third kappa shape index (κ3) is 3.82. The molecule has 1 aromatic heterocycles. The second-order valence-corrected chi connectivity index (χ2v) is 5.18. The fraction of sp³-hybridized carbons (Fsp3) is 0.692. The first-order valence-corrected chi connectivity index (χ1v) is 6.90.